The number of allylic oxidation sites excluding steroid dienone is 2. The minimum Gasteiger partial charge on any atom is -0.322 e. The van der Waals surface area contributed by atoms with Crippen molar-refractivity contribution in [2.45, 2.75) is 40.5 Å². The molecule has 0 fully saturated rings. The third kappa shape index (κ3) is 2.23. The van der Waals surface area contributed by atoms with Crippen LogP contribution in [0.15, 0.2) is 28.8 Å². The van der Waals surface area contributed by atoms with Crippen LogP contribution in [-0.4, -0.2) is 0 Å². The second kappa shape index (κ2) is 5.18. The molecule has 17 heavy (non-hydrogen) atoms. The average Bonchev–Trinajstić information content (AvgIpc) is 2.69. The highest BCUT2D eigenvalue weighted by molar-refractivity contribution is 8.05. The van der Waals surface area contributed by atoms with Gasteiger partial charge in [-0.05, 0) is 37.8 Å². The Hall–Kier alpha value is -0.890. The summed E-state index contributed by atoms with van der Waals surface area (Å²) in [4.78, 5) is 3.58. The van der Waals surface area contributed by atoms with E-state index in [0.29, 0.717) is 0 Å². The summed E-state index contributed by atoms with van der Waals surface area (Å²) in [6, 6.07) is 6.61. The summed E-state index contributed by atoms with van der Waals surface area (Å²) in [7, 11) is 0. The molecule has 0 spiro atoms. The number of nitrogens with zero attached hydrogens (tertiary/aromatic N) is 1. The molecule has 0 atom stereocenters. The van der Waals surface area contributed by atoms with Crippen LogP contribution < -0.4 is 4.90 Å². The van der Waals surface area contributed by atoms with Gasteiger partial charge in [0.2, 0.25) is 0 Å². The molecule has 1 aliphatic rings. The summed E-state index contributed by atoms with van der Waals surface area (Å²) in [5.74, 6) is 3.40. The van der Waals surface area contributed by atoms with Gasteiger partial charge >= 0.3 is 0 Å². The fourth-order valence-electron chi connectivity index (χ4n) is 2.13. The smallest absolute Gasteiger partial charge is 0.168 e. The molecule has 0 aromatic heterocycles. The highest BCUT2D eigenvalue weighted by Crippen LogP contribution is 2.41. The van der Waals surface area contributed by atoms with Gasteiger partial charge in [-0.3, -0.25) is 0 Å². The predicted octanol–water partition coefficient (Wildman–Crippen LogP) is 4.61. The third-order valence-electron chi connectivity index (χ3n) is 3.32. The van der Waals surface area contributed by atoms with E-state index >= 15 is 0 Å². The minimum atomic E-state index is 1.07. The van der Waals surface area contributed by atoms with Crippen LogP contribution >= 0.6 is 11.8 Å². The van der Waals surface area contributed by atoms with E-state index in [4.69, 9.17) is 0 Å². The van der Waals surface area contributed by atoms with Crippen molar-refractivity contribution in [3.8, 4) is 0 Å². The summed E-state index contributed by atoms with van der Waals surface area (Å²) >= 11 is 1.70. The Labute approximate surface area is 109 Å². The van der Waals surface area contributed by atoms with Gasteiger partial charge in [0, 0.05) is 16.3 Å². The van der Waals surface area contributed by atoms with Crippen LogP contribution in [0.5, 0.6) is 0 Å². The van der Waals surface area contributed by atoms with E-state index in [9.17, 15) is 0 Å². The first-order chi connectivity index (χ1) is 8.19. The van der Waals surface area contributed by atoms with Crippen LogP contribution in [0.4, 0.5) is 5.69 Å². The largest absolute Gasteiger partial charge is 0.322 e. The fourth-order valence-corrected chi connectivity index (χ4v) is 2.82. The Balaban J connectivity index is 2.50. The molecule has 2 heteroatoms. The van der Waals surface area contributed by atoms with E-state index in [1.54, 1.807) is 11.8 Å². The van der Waals surface area contributed by atoms with Crippen molar-refractivity contribution in [3.05, 3.63) is 45.8 Å². The number of anilines is 1. The summed E-state index contributed by atoms with van der Waals surface area (Å²) < 4.78 is 0. The SMILES string of the molecule is CCc1cccc(CC)c1N1[C]SC(C)=C1C. The Morgan fingerprint density at radius 2 is 1.71 bits per heavy atom. The second-order valence-electron chi connectivity index (χ2n) is 4.30. The number of benzene rings is 1. The zero-order chi connectivity index (χ0) is 12.4. The summed E-state index contributed by atoms with van der Waals surface area (Å²) in [6.45, 7) is 8.77. The highest BCUT2D eigenvalue weighted by atomic mass is 32.2. The van der Waals surface area contributed by atoms with Gasteiger partial charge < -0.3 is 4.90 Å². The lowest BCUT2D eigenvalue weighted by molar-refractivity contribution is 1.02. The number of hydrogen-bond acceptors (Lipinski definition) is 2. The summed E-state index contributed by atoms with van der Waals surface area (Å²) in [5, 5.41) is 0. The van der Waals surface area contributed by atoms with E-state index < -0.39 is 0 Å². The molecule has 0 N–H and O–H groups in total. The molecule has 0 saturated carbocycles. The van der Waals surface area contributed by atoms with Gasteiger partial charge in [-0.2, -0.15) is 0 Å². The number of para-hydroxylation sites is 1. The monoisotopic (exact) mass is 245 g/mol. The lowest BCUT2D eigenvalue weighted by Gasteiger charge is -2.24. The van der Waals surface area contributed by atoms with Gasteiger partial charge in [-0.1, -0.05) is 43.8 Å². The molecule has 0 unspecified atom stereocenters. The van der Waals surface area contributed by atoms with Gasteiger partial charge in [0.1, 0.15) is 0 Å². The molecule has 2 rings (SSSR count). The standard InChI is InChI=1S/C15H19NS/c1-5-13-8-7-9-14(6-2)15(13)16-10-17-12(4)11(16)3/h7-9H,5-6H2,1-4H3. The van der Waals surface area contributed by atoms with Crippen molar-refractivity contribution in [2.24, 2.45) is 0 Å². The molecule has 0 amide bonds. The maximum Gasteiger partial charge on any atom is 0.168 e. The molecular formula is C15H19NS. The normalized spacial score (nSPS) is 15.9. The molecule has 90 valence electrons. The zero-order valence-electron chi connectivity index (χ0n) is 11.0. The van der Waals surface area contributed by atoms with E-state index in [0.717, 1.165) is 12.8 Å². The average molecular weight is 245 g/mol. The quantitative estimate of drug-likeness (QED) is 0.765. The molecule has 0 aliphatic carbocycles. The van der Waals surface area contributed by atoms with Crippen LogP contribution in [0.3, 0.4) is 0 Å². The van der Waals surface area contributed by atoms with Crippen molar-refractivity contribution in [3.63, 3.8) is 0 Å². The minimum absolute atomic E-state index is 1.07. The van der Waals surface area contributed by atoms with E-state index in [-0.39, 0.29) is 0 Å². The van der Waals surface area contributed by atoms with Crippen LogP contribution in [0.25, 0.3) is 0 Å². The topological polar surface area (TPSA) is 3.24 Å². The fraction of sp³-hybridized carbons (Fsp3) is 0.400. The van der Waals surface area contributed by atoms with Crippen LogP contribution in [-0.2, 0) is 12.8 Å². The maximum absolute atomic E-state index is 3.40. The van der Waals surface area contributed by atoms with Crippen molar-refractivity contribution in [1.82, 2.24) is 0 Å². The van der Waals surface area contributed by atoms with Crippen molar-refractivity contribution in [2.75, 3.05) is 4.90 Å². The first-order valence-electron chi connectivity index (χ1n) is 6.19. The predicted molar refractivity (Wildman–Crippen MR) is 76.9 cm³/mol. The van der Waals surface area contributed by atoms with Crippen LogP contribution in [0.1, 0.15) is 38.8 Å². The first kappa shape index (κ1) is 12.6. The summed E-state index contributed by atoms with van der Waals surface area (Å²) in [5.41, 5.74) is 5.47. The van der Waals surface area contributed by atoms with Gasteiger partial charge in [-0.25, -0.2) is 0 Å². The first-order valence-corrected chi connectivity index (χ1v) is 7.01. The van der Waals surface area contributed by atoms with Gasteiger partial charge in [0.05, 0.1) is 0 Å². The Bertz CT molecular complexity index is 426. The van der Waals surface area contributed by atoms with Crippen molar-refractivity contribution < 1.29 is 0 Å². The molecular weight excluding hydrogens is 226 g/mol. The zero-order valence-corrected chi connectivity index (χ0v) is 11.8. The molecule has 1 aliphatic heterocycles. The lowest BCUT2D eigenvalue weighted by atomic mass is 10.0. The van der Waals surface area contributed by atoms with Crippen molar-refractivity contribution >= 4 is 17.4 Å². The highest BCUT2D eigenvalue weighted by Gasteiger charge is 2.23. The molecule has 2 radical (unpaired) electrons. The van der Waals surface area contributed by atoms with E-state index in [1.807, 2.05) is 0 Å². The third-order valence-corrected chi connectivity index (χ3v) is 4.20. The van der Waals surface area contributed by atoms with Gasteiger partial charge in [-0.15, -0.1) is 0 Å². The second-order valence-corrected chi connectivity index (χ2v) is 5.30. The van der Waals surface area contributed by atoms with Gasteiger partial charge in [0.15, 0.2) is 5.88 Å². The molecule has 0 saturated heterocycles. The van der Waals surface area contributed by atoms with E-state index in [1.165, 1.54) is 27.4 Å². The Morgan fingerprint density at radius 3 is 2.12 bits per heavy atom. The molecule has 1 heterocycles. The van der Waals surface area contributed by atoms with Crippen LogP contribution in [0.2, 0.25) is 0 Å². The number of aryl methyl sites for hydroxylation is 2. The molecule has 1 aromatic rings. The molecule has 1 aromatic carbocycles. The Kier molecular flexibility index (Phi) is 3.82. The molecule has 0 bridgehead atoms. The maximum atomic E-state index is 3.40. The lowest BCUT2D eigenvalue weighted by Crippen LogP contribution is -2.16. The molecule has 1 nitrogen and oxygen atoms in total. The van der Waals surface area contributed by atoms with Crippen molar-refractivity contribution in [1.29, 1.82) is 0 Å². The van der Waals surface area contributed by atoms with Gasteiger partial charge in [0.25, 0.3) is 0 Å². The summed E-state index contributed by atoms with van der Waals surface area (Å²) in [6.07, 6.45) is 2.14. The number of hydrogen-bond donors (Lipinski definition) is 0. The Morgan fingerprint density at radius 1 is 1.12 bits per heavy atom. The van der Waals surface area contributed by atoms with E-state index in [2.05, 4.69) is 56.7 Å². The number of rotatable bonds is 3. The number of thioether (sulfide) groups is 1. The van der Waals surface area contributed by atoms with Crippen LogP contribution in [0, 0.1) is 5.88 Å².